The summed E-state index contributed by atoms with van der Waals surface area (Å²) in [6.07, 6.45) is 3.02. The molecule has 7 nitrogen and oxygen atoms in total. The van der Waals surface area contributed by atoms with Crippen LogP contribution < -0.4 is 10.2 Å². The first-order valence-corrected chi connectivity index (χ1v) is 9.82. The molecule has 4 rings (SSSR count). The van der Waals surface area contributed by atoms with Gasteiger partial charge in [0.05, 0.1) is 17.2 Å². The van der Waals surface area contributed by atoms with Crippen molar-refractivity contribution in [1.82, 2.24) is 14.9 Å². The lowest BCUT2D eigenvalue weighted by Crippen LogP contribution is -2.62. The summed E-state index contributed by atoms with van der Waals surface area (Å²) >= 11 is 0. The molecule has 0 bridgehead atoms. The molecule has 3 heterocycles. The Morgan fingerprint density at radius 2 is 2.03 bits per heavy atom. The van der Waals surface area contributed by atoms with E-state index >= 15 is 0 Å². The second kappa shape index (κ2) is 8.01. The number of aryl methyl sites for hydroxylation is 1. The minimum Gasteiger partial charge on any atom is -0.388 e. The molecule has 0 aliphatic carbocycles. The van der Waals surface area contributed by atoms with Crippen molar-refractivity contribution < 1.29 is 9.90 Å². The fraction of sp³-hybridized carbons (Fsp3) is 0.261. The number of hydrogen-bond donors (Lipinski definition) is 2. The molecule has 1 aromatic carbocycles. The minimum absolute atomic E-state index is 0.241. The van der Waals surface area contributed by atoms with Gasteiger partial charge in [0.1, 0.15) is 17.6 Å². The van der Waals surface area contributed by atoms with Gasteiger partial charge in [0, 0.05) is 32.5 Å². The van der Waals surface area contributed by atoms with Crippen LogP contribution in [0, 0.1) is 11.3 Å². The van der Waals surface area contributed by atoms with Crippen molar-refractivity contribution in [2.75, 3.05) is 18.0 Å². The van der Waals surface area contributed by atoms with Crippen LogP contribution in [-0.4, -0.2) is 39.8 Å². The molecule has 1 aliphatic rings. The lowest BCUT2D eigenvalue weighted by Gasteiger charge is -2.46. The molecule has 0 saturated carbocycles. The zero-order valence-electron chi connectivity index (χ0n) is 16.7. The van der Waals surface area contributed by atoms with Crippen molar-refractivity contribution in [3.05, 3.63) is 83.8 Å². The van der Waals surface area contributed by atoms with E-state index in [1.165, 1.54) is 0 Å². The second-order valence-corrected chi connectivity index (χ2v) is 7.49. The van der Waals surface area contributed by atoms with Gasteiger partial charge in [0.2, 0.25) is 0 Å². The number of β-amino-alcohol motifs (C(OH)–C–C–N with tert-alkyl or cyclic N) is 1. The predicted octanol–water partition coefficient (Wildman–Crippen LogP) is 2.19. The highest BCUT2D eigenvalue weighted by Gasteiger charge is 2.45. The monoisotopic (exact) mass is 401 g/mol. The van der Waals surface area contributed by atoms with E-state index in [0.717, 1.165) is 5.56 Å². The highest BCUT2D eigenvalue weighted by atomic mass is 16.3. The molecular formula is C23H23N5O2. The number of carbonyl (C=O) groups excluding carboxylic acids is 1. The normalized spacial score (nSPS) is 21.1. The number of amides is 1. The van der Waals surface area contributed by atoms with Crippen LogP contribution in [0.2, 0.25) is 0 Å². The van der Waals surface area contributed by atoms with Crippen LogP contribution in [0.1, 0.15) is 28.0 Å². The summed E-state index contributed by atoms with van der Waals surface area (Å²) in [7, 11) is 1.81. The van der Waals surface area contributed by atoms with Gasteiger partial charge in [-0.1, -0.05) is 30.3 Å². The predicted molar refractivity (Wildman–Crippen MR) is 113 cm³/mol. The molecule has 2 atom stereocenters. The van der Waals surface area contributed by atoms with Crippen molar-refractivity contribution in [2.45, 2.75) is 18.1 Å². The molecule has 30 heavy (non-hydrogen) atoms. The lowest BCUT2D eigenvalue weighted by molar-refractivity contribution is 0.0361. The van der Waals surface area contributed by atoms with E-state index in [0.29, 0.717) is 30.0 Å². The molecule has 1 amide bonds. The van der Waals surface area contributed by atoms with E-state index in [1.54, 1.807) is 29.0 Å². The molecule has 2 aromatic heterocycles. The van der Waals surface area contributed by atoms with Crippen LogP contribution in [0.25, 0.3) is 0 Å². The third kappa shape index (κ3) is 3.42. The number of hydrogen-bond acceptors (Lipinski definition) is 5. The zero-order chi connectivity index (χ0) is 21.1. The van der Waals surface area contributed by atoms with Crippen LogP contribution >= 0.6 is 0 Å². The maximum Gasteiger partial charge on any atom is 0.268 e. The quantitative estimate of drug-likeness (QED) is 0.699. The average Bonchev–Trinajstić information content (AvgIpc) is 3.21. The second-order valence-electron chi connectivity index (χ2n) is 7.49. The maximum absolute atomic E-state index is 13.1. The molecule has 2 N–H and O–H groups in total. The first-order chi connectivity index (χ1) is 14.5. The number of nitrogens with one attached hydrogen (secondary N) is 1. The summed E-state index contributed by atoms with van der Waals surface area (Å²) in [5.74, 6) is 0.309. The highest BCUT2D eigenvalue weighted by Crippen LogP contribution is 2.35. The van der Waals surface area contributed by atoms with E-state index < -0.39 is 11.6 Å². The molecule has 1 aliphatic heterocycles. The Kier molecular flexibility index (Phi) is 5.25. The Balaban J connectivity index is 1.67. The Morgan fingerprint density at radius 3 is 2.70 bits per heavy atom. The number of anilines is 1. The molecule has 1 fully saturated rings. The van der Waals surface area contributed by atoms with Gasteiger partial charge in [0.25, 0.3) is 5.91 Å². The van der Waals surface area contributed by atoms with E-state index in [1.807, 2.05) is 54.5 Å². The molecular weight excluding hydrogens is 378 g/mol. The Bertz CT molecular complexity index is 1090. The molecule has 0 unspecified atom stereocenters. The Labute approximate surface area is 175 Å². The van der Waals surface area contributed by atoms with Crippen molar-refractivity contribution in [3.63, 3.8) is 0 Å². The summed E-state index contributed by atoms with van der Waals surface area (Å²) in [5, 5.41) is 23.8. The number of nitrogens with zero attached hydrogens (tertiary/aromatic N) is 4. The van der Waals surface area contributed by atoms with Crippen LogP contribution in [0.4, 0.5) is 5.82 Å². The standard InChI is InChI=1S/C23H23N5O2/c1-27-13-6-10-19(27)22(30)26-23(18-8-3-2-4-9-18)11-14-28(16-20(23)29)21-17(15-24)7-5-12-25-21/h2-10,12-13,20,29H,11,14,16H2,1H3,(H,26,30)/t20-,23+/m1/s1. The Morgan fingerprint density at radius 1 is 1.23 bits per heavy atom. The molecule has 3 aromatic rings. The van der Waals surface area contributed by atoms with Gasteiger partial charge in [-0.2, -0.15) is 5.26 Å². The van der Waals surface area contributed by atoms with E-state index in [2.05, 4.69) is 16.4 Å². The number of nitriles is 1. The van der Waals surface area contributed by atoms with E-state index in [-0.39, 0.29) is 12.5 Å². The van der Waals surface area contributed by atoms with Gasteiger partial charge in [-0.15, -0.1) is 0 Å². The third-order valence-electron chi connectivity index (χ3n) is 5.75. The van der Waals surface area contributed by atoms with E-state index in [9.17, 15) is 15.2 Å². The number of piperidine rings is 1. The number of pyridine rings is 1. The summed E-state index contributed by atoms with van der Waals surface area (Å²) in [4.78, 5) is 19.3. The van der Waals surface area contributed by atoms with Crippen molar-refractivity contribution in [3.8, 4) is 6.07 Å². The first kappa shape index (κ1) is 19.7. The molecule has 0 spiro atoms. The van der Waals surface area contributed by atoms with Crippen LogP contribution in [0.15, 0.2) is 67.0 Å². The molecule has 0 radical (unpaired) electrons. The maximum atomic E-state index is 13.1. The SMILES string of the molecule is Cn1cccc1C(=O)N[C@]1(c2ccccc2)CCN(c2ncccc2C#N)C[C@H]1O. The fourth-order valence-corrected chi connectivity index (χ4v) is 4.12. The fourth-order valence-electron chi connectivity index (χ4n) is 4.12. The van der Waals surface area contributed by atoms with E-state index in [4.69, 9.17) is 0 Å². The number of aromatic nitrogens is 2. The average molecular weight is 401 g/mol. The van der Waals surface area contributed by atoms with Gasteiger partial charge in [-0.05, 0) is 36.2 Å². The largest absolute Gasteiger partial charge is 0.388 e. The summed E-state index contributed by atoms with van der Waals surface area (Å²) in [6.45, 7) is 0.777. The van der Waals surface area contributed by atoms with Crippen LogP contribution in [0.3, 0.4) is 0 Å². The van der Waals surface area contributed by atoms with Gasteiger partial charge >= 0.3 is 0 Å². The summed E-state index contributed by atoms with van der Waals surface area (Å²) < 4.78 is 1.75. The number of aliphatic hydroxyl groups is 1. The first-order valence-electron chi connectivity index (χ1n) is 9.82. The van der Waals surface area contributed by atoms with Crippen LogP contribution in [0.5, 0.6) is 0 Å². The summed E-state index contributed by atoms with van der Waals surface area (Å²) in [5.41, 5.74) is 0.892. The third-order valence-corrected chi connectivity index (χ3v) is 5.75. The van der Waals surface area contributed by atoms with Crippen LogP contribution in [-0.2, 0) is 12.6 Å². The highest BCUT2D eigenvalue weighted by molar-refractivity contribution is 5.93. The molecule has 152 valence electrons. The lowest BCUT2D eigenvalue weighted by atomic mass is 9.78. The number of carbonyl (C=O) groups is 1. The zero-order valence-corrected chi connectivity index (χ0v) is 16.7. The molecule has 1 saturated heterocycles. The Hall–Kier alpha value is -3.63. The van der Waals surface area contributed by atoms with Crippen molar-refractivity contribution in [2.24, 2.45) is 7.05 Å². The number of rotatable bonds is 4. The number of benzene rings is 1. The number of aliphatic hydroxyl groups excluding tert-OH is 1. The van der Waals surface area contributed by atoms with Gasteiger partial charge < -0.3 is 19.9 Å². The van der Waals surface area contributed by atoms with Gasteiger partial charge in [-0.3, -0.25) is 4.79 Å². The van der Waals surface area contributed by atoms with Gasteiger partial charge in [0.15, 0.2) is 0 Å². The van der Waals surface area contributed by atoms with Crippen molar-refractivity contribution in [1.29, 1.82) is 5.26 Å². The van der Waals surface area contributed by atoms with Crippen molar-refractivity contribution >= 4 is 11.7 Å². The summed E-state index contributed by atoms with van der Waals surface area (Å²) in [6, 6.07) is 18.7. The topological polar surface area (TPSA) is 94.2 Å². The molecule has 7 heteroatoms. The minimum atomic E-state index is -0.944. The van der Waals surface area contributed by atoms with Gasteiger partial charge in [-0.25, -0.2) is 4.98 Å². The smallest absolute Gasteiger partial charge is 0.268 e.